The number of alkyl halides is 1. The first-order valence-electron chi connectivity index (χ1n) is 5.55. The van der Waals surface area contributed by atoms with Crippen molar-refractivity contribution in [2.75, 3.05) is 13.7 Å². The molecule has 0 fully saturated rings. The molecule has 19 heavy (non-hydrogen) atoms. The van der Waals surface area contributed by atoms with E-state index in [1.165, 1.54) is 13.2 Å². The maximum Gasteiger partial charge on any atom is 0.342 e. The smallest absolute Gasteiger partial charge is 0.342 e. The van der Waals surface area contributed by atoms with Crippen LogP contribution in [0.15, 0.2) is 16.6 Å². The quantitative estimate of drug-likeness (QED) is 0.805. The summed E-state index contributed by atoms with van der Waals surface area (Å²) in [4.78, 5) is 11.3. The fraction of sp³-hybridized carbons (Fsp3) is 0.417. The average Bonchev–Trinajstić information content (AvgIpc) is 2.38. The topological polar surface area (TPSA) is 81.8 Å². The van der Waals surface area contributed by atoms with Crippen LogP contribution in [-0.4, -0.2) is 31.0 Å². The van der Waals surface area contributed by atoms with E-state index in [0.29, 0.717) is 4.47 Å². The number of phenols is 1. The Morgan fingerprint density at radius 1 is 1.58 bits per heavy atom. The second-order valence-corrected chi connectivity index (χ2v) is 4.55. The normalized spacial score (nSPS) is 13.7. The highest BCUT2D eigenvalue weighted by Gasteiger charge is 2.32. The summed E-state index contributed by atoms with van der Waals surface area (Å²) in [5.74, 6) is -1.23. The lowest BCUT2D eigenvalue weighted by Gasteiger charge is -2.19. The van der Waals surface area contributed by atoms with Crippen molar-refractivity contribution in [3.8, 4) is 11.5 Å². The third-order valence-electron chi connectivity index (χ3n) is 2.51. The number of benzene rings is 1. The van der Waals surface area contributed by atoms with Crippen molar-refractivity contribution in [2.45, 2.75) is 19.1 Å². The van der Waals surface area contributed by atoms with Crippen LogP contribution in [0.25, 0.3) is 0 Å². The molecule has 5 nitrogen and oxygen atoms in total. The first-order valence-corrected chi connectivity index (χ1v) is 6.34. The maximum atomic E-state index is 13.9. The second kappa shape index (κ2) is 6.72. The van der Waals surface area contributed by atoms with Crippen LogP contribution >= 0.6 is 15.9 Å². The van der Waals surface area contributed by atoms with E-state index in [9.17, 15) is 14.3 Å². The van der Waals surface area contributed by atoms with Gasteiger partial charge < -0.3 is 20.3 Å². The number of esters is 1. The molecule has 0 aliphatic rings. The summed E-state index contributed by atoms with van der Waals surface area (Å²) in [7, 11) is 1.36. The summed E-state index contributed by atoms with van der Waals surface area (Å²) < 4.78 is 23.7. The molecule has 0 saturated carbocycles. The van der Waals surface area contributed by atoms with E-state index < -0.39 is 18.2 Å². The molecule has 0 spiro atoms. The number of halogens is 2. The summed E-state index contributed by atoms with van der Waals surface area (Å²) in [6, 6.07) is 1.68. The van der Waals surface area contributed by atoms with E-state index in [1.54, 1.807) is 13.0 Å². The van der Waals surface area contributed by atoms with Gasteiger partial charge in [0, 0.05) is 10.0 Å². The number of carbonyl (C=O) groups excluding carboxylic acids is 1. The zero-order valence-corrected chi connectivity index (χ0v) is 12.1. The predicted molar refractivity (Wildman–Crippen MR) is 70.8 cm³/mol. The van der Waals surface area contributed by atoms with Gasteiger partial charge in [-0.1, -0.05) is 15.9 Å². The lowest BCUT2D eigenvalue weighted by atomic mass is 10.0. The first kappa shape index (κ1) is 15.7. The van der Waals surface area contributed by atoms with Crippen molar-refractivity contribution in [3.05, 3.63) is 22.2 Å². The van der Waals surface area contributed by atoms with Gasteiger partial charge >= 0.3 is 5.97 Å². The zero-order chi connectivity index (χ0) is 14.6. The highest BCUT2D eigenvalue weighted by molar-refractivity contribution is 9.10. The molecule has 3 N–H and O–H groups in total. The summed E-state index contributed by atoms with van der Waals surface area (Å²) in [5, 5.41) is 9.95. The molecule has 0 heterocycles. The molecule has 1 unspecified atom stereocenters. The lowest BCUT2D eigenvalue weighted by Crippen LogP contribution is -2.31. The number of phenolic OH excluding ortho intramolecular Hbond substituents is 1. The average molecular weight is 336 g/mol. The number of ether oxygens (including phenoxy) is 2. The summed E-state index contributed by atoms with van der Waals surface area (Å²) in [6.45, 7) is 1.62. The first-order chi connectivity index (χ1) is 8.93. The molecule has 0 amide bonds. The van der Waals surface area contributed by atoms with Gasteiger partial charge in [0.2, 0.25) is 6.17 Å². The van der Waals surface area contributed by atoms with Crippen LogP contribution in [0, 0.1) is 0 Å². The highest BCUT2D eigenvalue weighted by Crippen LogP contribution is 2.39. The van der Waals surface area contributed by atoms with Crippen LogP contribution in [0.3, 0.4) is 0 Å². The molecule has 2 atom stereocenters. The van der Waals surface area contributed by atoms with E-state index in [1.807, 2.05) is 0 Å². The van der Waals surface area contributed by atoms with E-state index in [-0.39, 0.29) is 23.7 Å². The van der Waals surface area contributed by atoms with Crippen LogP contribution in [0.1, 0.15) is 18.5 Å². The second-order valence-electron chi connectivity index (χ2n) is 3.69. The van der Waals surface area contributed by atoms with Crippen LogP contribution in [0.2, 0.25) is 0 Å². The van der Waals surface area contributed by atoms with Crippen molar-refractivity contribution < 1.29 is 23.8 Å². The maximum absolute atomic E-state index is 13.9. The van der Waals surface area contributed by atoms with Crippen molar-refractivity contribution in [1.82, 2.24) is 0 Å². The summed E-state index contributed by atoms with van der Waals surface area (Å²) in [6.07, 6.45) is -2.07. The van der Waals surface area contributed by atoms with Gasteiger partial charge in [-0.2, -0.15) is 0 Å². The fourth-order valence-electron chi connectivity index (χ4n) is 1.56. The number of hydrogen-bond donors (Lipinski definition) is 2. The molecule has 0 saturated heterocycles. The molecule has 7 heteroatoms. The Morgan fingerprint density at radius 3 is 2.74 bits per heavy atom. The van der Waals surface area contributed by atoms with Gasteiger partial charge in [-0.25, -0.2) is 9.18 Å². The van der Waals surface area contributed by atoms with Gasteiger partial charge in [-0.15, -0.1) is 0 Å². The van der Waals surface area contributed by atoms with Crippen LogP contribution < -0.4 is 10.5 Å². The van der Waals surface area contributed by atoms with Gasteiger partial charge in [0.25, 0.3) is 0 Å². The Morgan fingerprint density at radius 2 is 2.21 bits per heavy atom. The Balaban J connectivity index is 3.11. The zero-order valence-electron chi connectivity index (χ0n) is 10.5. The summed E-state index contributed by atoms with van der Waals surface area (Å²) >= 11 is 3.15. The monoisotopic (exact) mass is 335 g/mol. The van der Waals surface area contributed by atoms with E-state index >= 15 is 0 Å². The molecule has 1 aromatic carbocycles. The minimum Gasteiger partial charge on any atom is -0.504 e. The minimum atomic E-state index is -2.07. The van der Waals surface area contributed by atoms with Gasteiger partial charge in [-0.05, 0) is 19.1 Å². The third kappa shape index (κ3) is 3.36. The number of methoxy groups -OCH3 is 1. The predicted octanol–water partition coefficient (Wildman–Crippen LogP) is 2.06. The standard InChI is InChI=1S/C12H15BrFNO4/c1-3-19-12(17)9(14)10(15)8-6(13)4-5-7(18-2)11(8)16/h4-5,9-10,16H,3,15H2,1-2H3/t9?,10-/m0/s1. The Hall–Kier alpha value is -1.34. The summed E-state index contributed by atoms with van der Waals surface area (Å²) in [5.41, 5.74) is 5.73. The van der Waals surface area contributed by atoms with Crippen molar-refractivity contribution >= 4 is 21.9 Å². The Kier molecular flexibility index (Phi) is 5.56. The molecule has 1 aromatic rings. The molecular weight excluding hydrogens is 321 g/mol. The molecular formula is C12H15BrFNO4. The molecule has 106 valence electrons. The lowest BCUT2D eigenvalue weighted by molar-refractivity contribution is -0.149. The van der Waals surface area contributed by atoms with Gasteiger partial charge in [0.15, 0.2) is 11.5 Å². The fourth-order valence-corrected chi connectivity index (χ4v) is 2.14. The minimum absolute atomic E-state index is 0.0528. The third-order valence-corrected chi connectivity index (χ3v) is 3.20. The van der Waals surface area contributed by atoms with Crippen molar-refractivity contribution in [1.29, 1.82) is 0 Å². The van der Waals surface area contributed by atoms with E-state index in [2.05, 4.69) is 20.7 Å². The SMILES string of the molecule is CCOC(=O)C(F)[C@@H](N)c1c(Br)ccc(OC)c1O. The molecule has 0 aliphatic carbocycles. The molecule has 0 aliphatic heterocycles. The van der Waals surface area contributed by atoms with Crippen LogP contribution in [0.5, 0.6) is 11.5 Å². The van der Waals surface area contributed by atoms with Gasteiger partial charge in [-0.3, -0.25) is 0 Å². The molecule has 0 radical (unpaired) electrons. The molecule has 0 aromatic heterocycles. The van der Waals surface area contributed by atoms with Crippen molar-refractivity contribution in [2.24, 2.45) is 5.73 Å². The highest BCUT2D eigenvalue weighted by atomic mass is 79.9. The van der Waals surface area contributed by atoms with Crippen LogP contribution in [-0.2, 0) is 9.53 Å². The number of aromatic hydroxyl groups is 1. The number of rotatable bonds is 5. The number of carbonyl (C=O) groups is 1. The largest absolute Gasteiger partial charge is 0.504 e. The number of hydrogen-bond acceptors (Lipinski definition) is 5. The molecule has 0 bridgehead atoms. The Labute approximate surface area is 118 Å². The van der Waals surface area contributed by atoms with E-state index in [4.69, 9.17) is 10.5 Å². The van der Waals surface area contributed by atoms with Crippen LogP contribution in [0.4, 0.5) is 4.39 Å². The van der Waals surface area contributed by atoms with Crippen molar-refractivity contribution in [3.63, 3.8) is 0 Å². The van der Waals surface area contributed by atoms with Gasteiger partial charge in [0.1, 0.15) is 0 Å². The Bertz CT molecular complexity index is 469. The van der Waals surface area contributed by atoms with E-state index in [0.717, 1.165) is 0 Å². The number of nitrogens with two attached hydrogens (primary N) is 1. The molecule has 1 rings (SSSR count). The van der Waals surface area contributed by atoms with Gasteiger partial charge in [0.05, 0.1) is 19.8 Å².